The maximum absolute atomic E-state index is 13.3. The highest BCUT2D eigenvalue weighted by Crippen LogP contribution is 2.32. The number of nitrogens with one attached hydrogen (secondary N) is 1. The molecule has 0 aliphatic rings. The van der Waals surface area contributed by atoms with Gasteiger partial charge < -0.3 is 11.1 Å². The number of hydrogen-bond acceptors (Lipinski definition) is 6. The highest BCUT2D eigenvalue weighted by Gasteiger charge is 2.36. The van der Waals surface area contributed by atoms with Crippen molar-refractivity contribution in [2.45, 2.75) is 12.7 Å². The number of benzene rings is 1. The first-order valence-electron chi connectivity index (χ1n) is 8.58. The highest BCUT2D eigenvalue weighted by atomic mass is 35.5. The van der Waals surface area contributed by atoms with Crippen LogP contribution in [-0.4, -0.2) is 27.1 Å². The van der Waals surface area contributed by atoms with E-state index in [0.29, 0.717) is 27.7 Å². The van der Waals surface area contributed by atoms with Gasteiger partial charge in [0.25, 0.3) is 5.91 Å². The molecule has 0 saturated heterocycles. The van der Waals surface area contributed by atoms with Gasteiger partial charge in [0.15, 0.2) is 11.5 Å². The molecule has 0 radical (unpaired) electrons. The number of halogens is 4. The Labute approximate surface area is 178 Å². The van der Waals surface area contributed by atoms with Crippen molar-refractivity contribution in [3.05, 3.63) is 64.6 Å². The molecule has 3 aromatic rings. The SMILES string of the molecule is NCc1cccc(NC(=O)c2cc(C(F)(F)F)nn2-c2ncccc2Cl)c1N(N)C=O. The van der Waals surface area contributed by atoms with Gasteiger partial charge in [-0.3, -0.25) is 9.59 Å². The summed E-state index contributed by atoms with van der Waals surface area (Å²) in [5.41, 5.74) is 4.40. The first-order valence-corrected chi connectivity index (χ1v) is 8.95. The van der Waals surface area contributed by atoms with Crippen molar-refractivity contribution in [3.8, 4) is 5.82 Å². The van der Waals surface area contributed by atoms with Gasteiger partial charge in [0.2, 0.25) is 6.41 Å². The van der Waals surface area contributed by atoms with Crippen LogP contribution in [-0.2, 0) is 17.5 Å². The third-order valence-corrected chi connectivity index (χ3v) is 4.43. The van der Waals surface area contributed by atoms with Crippen LogP contribution in [0.5, 0.6) is 0 Å². The first-order chi connectivity index (χ1) is 14.7. The third-order valence-electron chi connectivity index (χ3n) is 4.13. The van der Waals surface area contributed by atoms with Crippen LogP contribution in [0, 0.1) is 0 Å². The van der Waals surface area contributed by atoms with Crippen molar-refractivity contribution >= 4 is 35.3 Å². The monoisotopic (exact) mass is 453 g/mol. The molecule has 0 atom stereocenters. The molecule has 0 fully saturated rings. The summed E-state index contributed by atoms with van der Waals surface area (Å²) in [4.78, 5) is 28.0. The number of amides is 2. The molecular formula is C18H15ClF3N7O2. The molecule has 162 valence electrons. The van der Waals surface area contributed by atoms with Crippen molar-refractivity contribution in [2.75, 3.05) is 10.3 Å². The number of hydrazine groups is 1. The number of carbonyl (C=O) groups is 2. The van der Waals surface area contributed by atoms with Crippen LogP contribution in [0.15, 0.2) is 42.6 Å². The Morgan fingerprint density at radius 3 is 2.65 bits per heavy atom. The maximum atomic E-state index is 13.3. The zero-order valence-electron chi connectivity index (χ0n) is 15.6. The van der Waals surface area contributed by atoms with E-state index < -0.39 is 23.5 Å². The summed E-state index contributed by atoms with van der Waals surface area (Å²) in [5, 5.41) is 6.57. The maximum Gasteiger partial charge on any atom is 0.435 e. The van der Waals surface area contributed by atoms with Crippen LogP contribution in [0.25, 0.3) is 5.82 Å². The fourth-order valence-corrected chi connectivity index (χ4v) is 2.98. The van der Waals surface area contributed by atoms with Crippen LogP contribution < -0.4 is 21.9 Å². The first kappa shape index (κ1) is 22.2. The molecule has 2 heterocycles. The van der Waals surface area contributed by atoms with Crippen molar-refractivity contribution in [3.63, 3.8) is 0 Å². The predicted octanol–water partition coefficient (Wildman–Crippen LogP) is 2.49. The number of aromatic nitrogens is 3. The molecule has 0 bridgehead atoms. The molecule has 3 rings (SSSR count). The van der Waals surface area contributed by atoms with Crippen molar-refractivity contribution < 1.29 is 22.8 Å². The second-order valence-corrected chi connectivity index (χ2v) is 6.52. The Balaban J connectivity index is 2.10. The van der Waals surface area contributed by atoms with E-state index in [1.165, 1.54) is 30.5 Å². The van der Waals surface area contributed by atoms with E-state index in [0.717, 1.165) is 0 Å². The molecule has 0 aliphatic heterocycles. The molecule has 2 aromatic heterocycles. The lowest BCUT2D eigenvalue weighted by atomic mass is 10.1. The van der Waals surface area contributed by atoms with Gasteiger partial charge >= 0.3 is 6.18 Å². The number of nitrogens with two attached hydrogens (primary N) is 2. The van der Waals surface area contributed by atoms with E-state index in [9.17, 15) is 22.8 Å². The molecular weight excluding hydrogens is 439 g/mol. The lowest BCUT2D eigenvalue weighted by Gasteiger charge is -2.19. The number of pyridine rings is 1. The number of hydrogen-bond donors (Lipinski definition) is 3. The quantitative estimate of drug-likeness (QED) is 0.227. The number of rotatable bonds is 6. The van der Waals surface area contributed by atoms with E-state index >= 15 is 0 Å². The van der Waals surface area contributed by atoms with Gasteiger partial charge in [-0.1, -0.05) is 23.7 Å². The number of anilines is 2. The average Bonchev–Trinajstić information content (AvgIpc) is 3.19. The van der Waals surface area contributed by atoms with Gasteiger partial charge in [-0.15, -0.1) is 0 Å². The number of para-hydroxylation sites is 1. The van der Waals surface area contributed by atoms with Gasteiger partial charge in [0.05, 0.1) is 16.4 Å². The Hall–Kier alpha value is -3.48. The summed E-state index contributed by atoms with van der Waals surface area (Å²) >= 11 is 6.03. The van der Waals surface area contributed by atoms with Crippen LogP contribution in [0.2, 0.25) is 5.02 Å². The highest BCUT2D eigenvalue weighted by molar-refractivity contribution is 6.32. The van der Waals surface area contributed by atoms with E-state index in [-0.39, 0.29) is 28.8 Å². The molecule has 1 aromatic carbocycles. The lowest BCUT2D eigenvalue weighted by molar-refractivity contribution is -0.141. The molecule has 0 spiro atoms. The second kappa shape index (κ2) is 8.71. The molecule has 0 unspecified atom stereocenters. The number of nitrogens with zero attached hydrogens (tertiary/aromatic N) is 4. The predicted molar refractivity (Wildman–Crippen MR) is 106 cm³/mol. The van der Waals surface area contributed by atoms with Gasteiger partial charge in [0, 0.05) is 18.8 Å². The topological polar surface area (TPSA) is 132 Å². The summed E-state index contributed by atoms with van der Waals surface area (Å²) in [5.74, 6) is 4.51. The van der Waals surface area contributed by atoms with Crippen molar-refractivity contribution in [1.82, 2.24) is 14.8 Å². The number of carbonyl (C=O) groups excluding carboxylic acids is 2. The normalized spacial score (nSPS) is 11.3. The Morgan fingerprint density at radius 2 is 2.03 bits per heavy atom. The van der Waals surface area contributed by atoms with Crippen LogP contribution in [0.3, 0.4) is 0 Å². The van der Waals surface area contributed by atoms with Crippen LogP contribution >= 0.6 is 11.6 Å². The fraction of sp³-hybridized carbons (Fsp3) is 0.111. The Morgan fingerprint density at radius 1 is 1.29 bits per heavy atom. The number of alkyl halides is 3. The minimum atomic E-state index is -4.82. The van der Waals surface area contributed by atoms with Gasteiger partial charge in [0.1, 0.15) is 5.69 Å². The summed E-state index contributed by atoms with van der Waals surface area (Å²) < 4.78 is 40.5. The minimum absolute atomic E-state index is 0.0136. The van der Waals surface area contributed by atoms with Crippen LogP contribution in [0.4, 0.5) is 24.5 Å². The lowest BCUT2D eigenvalue weighted by Crippen LogP contribution is -2.31. The Bertz CT molecular complexity index is 1130. The molecule has 5 N–H and O–H groups in total. The second-order valence-electron chi connectivity index (χ2n) is 6.12. The fourth-order valence-electron chi connectivity index (χ4n) is 2.78. The summed E-state index contributed by atoms with van der Waals surface area (Å²) in [7, 11) is 0. The minimum Gasteiger partial charge on any atom is -0.326 e. The van der Waals surface area contributed by atoms with Gasteiger partial charge in [-0.25, -0.2) is 20.5 Å². The smallest absolute Gasteiger partial charge is 0.326 e. The standard InChI is InChI=1S/C18H15ClF3N7O2/c19-11-4-2-6-25-16(11)29-13(7-14(27-29)18(20,21)22)17(31)26-12-5-1-3-10(8-23)15(12)28(24)9-30/h1-7,9H,8,23-24H2,(H,26,31). The van der Waals surface area contributed by atoms with Crippen LogP contribution in [0.1, 0.15) is 21.7 Å². The third kappa shape index (κ3) is 4.50. The van der Waals surface area contributed by atoms with Gasteiger partial charge in [-0.05, 0) is 23.8 Å². The van der Waals surface area contributed by atoms with Crippen molar-refractivity contribution in [2.24, 2.45) is 11.6 Å². The van der Waals surface area contributed by atoms with E-state index in [1.54, 1.807) is 6.07 Å². The zero-order valence-corrected chi connectivity index (χ0v) is 16.4. The zero-order chi connectivity index (χ0) is 22.8. The molecule has 0 aliphatic carbocycles. The van der Waals surface area contributed by atoms with Gasteiger partial charge in [-0.2, -0.15) is 18.3 Å². The van der Waals surface area contributed by atoms with E-state index in [4.69, 9.17) is 23.2 Å². The summed E-state index contributed by atoms with van der Waals surface area (Å²) in [6.07, 6.45) is -3.24. The van der Waals surface area contributed by atoms with Crippen molar-refractivity contribution in [1.29, 1.82) is 0 Å². The molecule has 13 heteroatoms. The van der Waals surface area contributed by atoms with E-state index in [1.807, 2.05) is 0 Å². The molecule has 2 amide bonds. The molecule has 31 heavy (non-hydrogen) atoms. The molecule has 9 nitrogen and oxygen atoms in total. The average molecular weight is 454 g/mol. The largest absolute Gasteiger partial charge is 0.435 e. The van der Waals surface area contributed by atoms with E-state index in [2.05, 4.69) is 15.4 Å². The summed E-state index contributed by atoms with van der Waals surface area (Å²) in [6.45, 7) is -0.0136. The molecule has 0 saturated carbocycles. The summed E-state index contributed by atoms with van der Waals surface area (Å²) in [6, 6.07) is 7.95. The Kier molecular flexibility index (Phi) is 6.24.